The van der Waals surface area contributed by atoms with Gasteiger partial charge in [-0.15, -0.1) is 0 Å². The Balaban J connectivity index is 2.46. The van der Waals surface area contributed by atoms with E-state index >= 15 is 0 Å². The molecule has 0 radical (unpaired) electrons. The molecule has 23 heavy (non-hydrogen) atoms. The van der Waals surface area contributed by atoms with Crippen LogP contribution < -0.4 is 19.5 Å². The summed E-state index contributed by atoms with van der Waals surface area (Å²) in [5.41, 5.74) is 0.902. The summed E-state index contributed by atoms with van der Waals surface area (Å²) >= 11 is 0. The van der Waals surface area contributed by atoms with E-state index in [0.29, 0.717) is 30.9 Å². The molecule has 0 unspecified atom stereocenters. The molecule has 0 aromatic heterocycles. The normalized spacial score (nSPS) is 11.1. The standard InChI is InChI=1S/C15H24N2O5S/c1-4-9-23(19,20)17-11-15(18)16-8-7-12-10-13(21-2)5-6-14(12)22-3/h5-6,10,17H,4,7-9,11H2,1-3H3,(H,16,18). The van der Waals surface area contributed by atoms with E-state index in [4.69, 9.17) is 9.47 Å². The Kier molecular flexibility index (Phi) is 7.84. The first-order chi connectivity index (χ1) is 10.9. The van der Waals surface area contributed by atoms with Gasteiger partial charge < -0.3 is 14.8 Å². The molecule has 1 aromatic carbocycles. The van der Waals surface area contributed by atoms with Crippen molar-refractivity contribution in [1.29, 1.82) is 0 Å². The largest absolute Gasteiger partial charge is 0.497 e. The number of nitrogens with one attached hydrogen (secondary N) is 2. The van der Waals surface area contributed by atoms with E-state index < -0.39 is 10.0 Å². The zero-order valence-electron chi connectivity index (χ0n) is 13.7. The predicted molar refractivity (Wildman–Crippen MR) is 88.3 cm³/mol. The number of ether oxygens (including phenoxy) is 2. The maximum absolute atomic E-state index is 11.7. The van der Waals surface area contributed by atoms with Gasteiger partial charge in [0.2, 0.25) is 15.9 Å². The van der Waals surface area contributed by atoms with Gasteiger partial charge in [0.25, 0.3) is 0 Å². The maximum atomic E-state index is 11.7. The molecule has 0 aliphatic rings. The summed E-state index contributed by atoms with van der Waals surface area (Å²) in [6.45, 7) is 1.89. The van der Waals surface area contributed by atoms with Crippen LogP contribution in [0.5, 0.6) is 11.5 Å². The minimum Gasteiger partial charge on any atom is -0.497 e. The van der Waals surface area contributed by atoms with Crippen molar-refractivity contribution in [3.05, 3.63) is 23.8 Å². The molecule has 2 N–H and O–H groups in total. The number of hydrogen-bond donors (Lipinski definition) is 2. The Morgan fingerprint density at radius 2 is 1.96 bits per heavy atom. The van der Waals surface area contributed by atoms with Crippen LogP contribution in [-0.2, 0) is 21.2 Å². The van der Waals surface area contributed by atoms with Crippen molar-refractivity contribution in [2.75, 3.05) is 33.1 Å². The Morgan fingerprint density at radius 1 is 1.22 bits per heavy atom. The SMILES string of the molecule is CCCS(=O)(=O)NCC(=O)NCCc1cc(OC)ccc1OC. The van der Waals surface area contributed by atoms with E-state index in [0.717, 1.165) is 5.56 Å². The molecule has 0 heterocycles. The Labute approximate surface area is 137 Å². The molecule has 0 aliphatic carbocycles. The van der Waals surface area contributed by atoms with Crippen LogP contribution in [0.2, 0.25) is 0 Å². The van der Waals surface area contributed by atoms with Crippen LogP contribution in [0, 0.1) is 0 Å². The number of carbonyl (C=O) groups excluding carboxylic acids is 1. The number of methoxy groups -OCH3 is 2. The number of rotatable bonds is 10. The summed E-state index contributed by atoms with van der Waals surface area (Å²) < 4.78 is 35.6. The van der Waals surface area contributed by atoms with E-state index in [2.05, 4.69) is 10.0 Å². The minimum absolute atomic E-state index is 0.0152. The van der Waals surface area contributed by atoms with Crippen LogP contribution >= 0.6 is 0 Å². The summed E-state index contributed by atoms with van der Waals surface area (Å²) in [5, 5.41) is 2.67. The summed E-state index contributed by atoms with van der Waals surface area (Å²) in [6.07, 6.45) is 1.06. The molecule has 0 spiro atoms. The summed E-state index contributed by atoms with van der Waals surface area (Å²) in [7, 11) is -0.216. The zero-order chi connectivity index (χ0) is 17.3. The van der Waals surface area contributed by atoms with Crippen molar-refractivity contribution in [2.45, 2.75) is 19.8 Å². The fraction of sp³-hybridized carbons (Fsp3) is 0.533. The van der Waals surface area contributed by atoms with Gasteiger partial charge in [-0.25, -0.2) is 13.1 Å². The Bertz CT molecular complexity index is 616. The number of amides is 1. The predicted octanol–water partition coefficient (Wildman–Crippen LogP) is 0.692. The van der Waals surface area contributed by atoms with Crippen LogP contribution in [0.1, 0.15) is 18.9 Å². The van der Waals surface area contributed by atoms with Gasteiger partial charge in [0.1, 0.15) is 11.5 Å². The van der Waals surface area contributed by atoms with Crippen molar-refractivity contribution in [1.82, 2.24) is 10.0 Å². The molecule has 0 bridgehead atoms. The highest BCUT2D eigenvalue weighted by Crippen LogP contribution is 2.23. The van der Waals surface area contributed by atoms with Gasteiger partial charge in [0.15, 0.2) is 0 Å². The lowest BCUT2D eigenvalue weighted by atomic mass is 10.1. The second kappa shape index (κ2) is 9.36. The quantitative estimate of drug-likeness (QED) is 0.651. The molecule has 0 aliphatic heterocycles. The maximum Gasteiger partial charge on any atom is 0.235 e. The lowest BCUT2D eigenvalue weighted by molar-refractivity contribution is -0.119. The minimum atomic E-state index is -3.37. The first-order valence-corrected chi connectivity index (χ1v) is 9.02. The molecular formula is C15H24N2O5S. The topological polar surface area (TPSA) is 93.7 Å². The molecule has 0 saturated carbocycles. The second-order valence-electron chi connectivity index (χ2n) is 4.92. The van der Waals surface area contributed by atoms with E-state index in [1.54, 1.807) is 33.3 Å². The molecule has 1 rings (SSSR count). The third-order valence-corrected chi connectivity index (χ3v) is 4.66. The number of carbonyl (C=O) groups is 1. The van der Waals surface area contributed by atoms with Gasteiger partial charge in [-0.05, 0) is 36.6 Å². The first kappa shape index (κ1) is 19.2. The van der Waals surface area contributed by atoms with Crippen LogP contribution in [0.4, 0.5) is 0 Å². The lowest BCUT2D eigenvalue weighted by Gasteiger charge is -2.11. The number of benzene rings is 1. The first-order valence-electron chi connectivity index (χ1n) is 7.36. The zero-order valence-corrected chi connectivity index (χ0v) is 14.5. The van der Waals surface area contributed by atoms with Gasteiger partial charge in [-0.3, -0.25) is 4.79 Å². The fourth-order valence-corrected chi connectivity index (χ4v) is 3.03. The Hall–Kier alpha value is -1.80. The highest BCUT2D eigenvalue weighted by Gasteiger charge is 2.11. The van der Waals surface area contributed by atoms with Gasteiger partial charge >= 0.3 is 0 Å². The monoisotopic (exact) mass is 344 g/mol. The molecule has 8 heteroatoms. The summed E-state index contributed by atoms with van der Waals surface area (Å²) in [6, 6.07) is 5.44. The van der Waals surface area contributed by atoms with Crippen molar-refractivity contribution >= 4 is 15.9 Å². The lowest BCUT2D eigenvalue weighted by Crippen LogP contribution is -2.38. The van der Waals surface area contributed by atoms with Gasteiger partial charge in [0.05, 0.1) is 26.5 Å². The van der Waals surface area contributed by atoms with Crippen LogP contribution in [0.15, 0.2) is 18.2 Å². The molecule has 130 valence electrons. The van der Waals surface area contributed by atoms with E-state index in [9.17, 15) is 13.2 Å². The third-order valence-electron chi connectivity index (χ3n) is 3.13. The average Bonchev–Trinajstić information content (AvgIpc) is 2.53. The molecule has 7 nitrogen and oxygen atoms in total. The molecular weight excluding hydrogens is 320 g/mol. The van der Waals surface area contributed by atoms with Crippen molar-refractivity contribution in [3.63, 3.8) is 0 Å². The molecule has 0 fully saturated rings. The van der Waals surface area contributed by atoms with Crippen LogP contribution in [0.3, 0.4) is 0 Å². The molecule has 1 aromatic rings. The van der Waals surface area contributed by atoms with Crippen LogP contribution in [0.25, 0.3) is 0 Å². The molecule has 0 atom stereocenters. The number of hydrogen-bond acceptors (Lipinski definition) is 5. The Morgan fingerprint density at radius 3 is 2.57 bits per heavy atom. The second-order valence-corrected chi connectivity index (χ2v) is 6.84. The van der Waals surface area contributed by atoms with Gasteiger partial charge in [-0.1, -0.05) is 6.92 Å². The van der Waals surface area contributed by atoms with Gasteiger partial charge in [-0.2, -0.15) is 0 Å². The smallest absolute Gasteiger partial charge is 0.235 e. The summed E-state index contributed by atoms with van der Waals surface area (Å²) in [5.74, 6) is 1.07. The highest BCUT2D eigenvalue weighted by atomic mass is 32.2. The van der Waals surface area contributed by atoms with Crippen LogP contribution in [-0.4, -0.2) is 47.4 Å². The van der Waals surface area contributed by atoms with Crippen molar-refractivity contribution < 1.29 is 22.7 Å². The number of sulfonamides is 1. The summed E-state index contributed by atoms with van der Waals surface area (Å²) in [4.78, 5) is 11.7. The molecule has 1 amide bonds. The molecule has 0 saturated heterocycles. The third kappa shape index (κ3) is 6.87. The van der Waals surface area contributed by atoms with Gasteiger partial charge in [0, 0.05) is 6.54 Å². The van der Waals surface area contributed by atoms with Crippen molar-refractivity contribution in [3.8, 4) is 11.5 Å². The van der Waals surface area contributed by atoms with E-state index in [1.165, 1.54) is 0 Å². The average molecular weight is 344 g/mol. The van der Waals surface area contributed by atoms with Crippen molar-refractivity contribution in [2.24, 2.45) is 0 Å². The fourth-order valence-electron chi connectivity index (χ4n) is 1.99. The van der Waals surface area contributed by atoms with E-state index in [-0.39, 0.29) is 18.2 Å². The highest BCUT2D eigenvalue weighted by molar-refractivity contribution is 7.89. The van der Waals surface area contributed by atoms with E-state index in [1.807, 2.05) is 6.07 Å².